The molecule has 30 heavy (non-hydrogen) atoms. The van der Waals surface area contributed by atoms with Crippen LogP contribution < -0.4 is 10.6 Å². The normalized spacial score (nSPS) is 14.9. The largest absolute Gasteiger partial charge is 0.315 e. The maximum atomic E-state index is 3.30. The highest BCUT2D eigenvalue weighted by Gasteiger charge is 2.22. The van der Waals surface area contributed by atoms with Crippen molar-refractivity contribution < 1.29 is 0 Å². The van der Waals surface area contributed by atoms with Crippen LogP contribution >= 0.6 is 0 Å². The zero-order valence-corrected chi connectivity index (χ0v) is 22.7. The van der Waals surface area contributed by atoms with Crippen molar-refractivity contribution in [2.24, 2.45) is 11.3 Å². The van der Waals surface area contributed by atoms with E-state index >= 15 is 0 Å². The van der Waals surface area contributed by atoms with Crippen LogP contribution in [0.2, 0.25) is 0 Å². The first-order valence-electron chi connectivity index (χ1n) is 12.0. The number of nitrogens with one attached hydrogen (secondary N) is 2. The number of benzene rings is 1. The Kier molecular flexibility index (Phi) is 16.6. The summed E-state index contributed by atoms with van der Waals surface area (Å²) in [7, 11) is 3.98. The molecule has 178 valence electrons. The van der Waals surface area contributed by atoms with Gasteiger partial charge in [-0.3, -0.25) is 0 Å². The molecule has 0 saturated heterocycles. The second-order valence-corrected chi connectivity index (χ2v) is 11.8. The molecule has 1 aromatic carbocycles. The van der Waals surface area contributed by atoms with Crippen molar-refractivity contribution in [1.82, 2.24) is 10.6 Å². The van der Waals surface area contributed by atoms with Gasteiger partial charge in [0.25, 0.3) is 0 Å². The summed E-state index contributed by atoms with van der Waals surface area (Å²) in [6.45, 7) is 22.1. The summed E-state index contributed by atoms with van der Waals surface area (Å²) in [5.74, 6) is 1.04. The van der Waals surface area contributed by atoms with E-state index in [0.717, 1.165) is 5.92 Å². The summed E-state index contributed by atoms with van der Waals surface area (Å²) in [4.78, 5) is 0. The van der Waals surface area contributed by atoms with Gasteiger partial charge in [0.05, 0.1) is 0 Å². The van der Waals surface area contributed by atoms with Gasteiger partial charge < -0.3 is 10.6 Å². The fourth-order valence-corrected chi connectivity index (χ4v) is 3.26. The molecule has 2 heteroatoms. The lowest BCUT2D eigenvalue weighted by atomic mass is 9.82. The van der Waals surface area contributed by atoms with Gasteiger partial charge in [0.1, 0.15) is 0 Å². The minimum Gasteiger partial charge on any atom is -0.315 e. The molecule has 0 bridgehead atoms. The van der Waals surface area contributed by atoms with E-state index in [0.29, 0.717) is 11.0 Å². The third kappa shape index (κ3) is 25.2. The highest BCUT2D eigenvalue weighted by molar-refractivity contribution is 5.11. The molecule has 0 atom stereocenters. The summed E-state index contributed by atoms with van der Waals surface area (Å²) >= 11 is 0. The van der Waals surface area contributed by atoms with Gasteiger partial charge in [-0.25, -0.2) is 0 Å². The molecule has 2 nitrogen and oxygen atoms in total. The Labute approximate surface area is 191 Å². The highest BCUT2D eigenvalue weighted by atomic mass is 14.9. The van der Waals surface area contributed by atoms with Crippen molar-refractivity contribution in [2.75, 3.05) is 14.1 Å². The third-order valence-electron chi connectivity index (χ3n) is 5.23. The quantitative estimate of drug-likeness (QED) is 0.506. The van der Waals surface area contributed by atoms with E-state index in [9.17, 15) is 0 Å². The lowest BCUT2D eigenvalue weighted by Gasteiger charge is -2.31. The van der Waals surface area contributed by atoms with Gasteiger partial charge in [-0.05, 0) is 73.4 Å². The molecule has 0 amide bonds. The fraction of sp³-hybridized carbons (Fsp3) is 0.786. The van der Waals surface area contributed by atoms with Gasteiger partial charge in [-0.15, -0.1) is 0 Å². The molecular weight excluding hydrogens is 364 g/mol. The molecule has 0 unspecified atom stereocenters. The smallest absolute Gasteiger partial charge is 0.0127 e. The Morgan fingerprint density at radius 1 is 0.767 bits per heavy atom. The van der Waals surface area contributed by atoms with E-state index < -0.39 is 0 Å². The van der Waals surface area contributed by atoms with Crippen molar-refractivity contribution in [2.45, 2.75) is 119 Å². The zero-order valence-electron chi connectivity index (χ0n) is 22.7. The van der Waals surface area contributed by atoms with Crippen molar-refractivity contribution in [1.29, 1.82) is 0 Å². The van der Waals surface area contributed by atoms with Gasteiger partial charge in [0.2, 0.25) is 0 Å². The van der Waals surface area contributed by atoms with Crippen LogP contribution in [0.4, 0.5) is 0 Å². The van der Waals surface area contributed by atoms with Crippen LogP contribution in [0.1, 0.15) is 106 Å². The minimum atomic E-state index is 0.276. The Morgan fingerprint density at radius 2 is 1.20 bits per heavy atom. The maximum absolute atomic E-state index is 3.30. The van der Waals surface area contributed by atoms with E-state index in [-0.39, 0.29) is 5.54 Å². The van der Waals surface area contributed by atoms with E-state index in [1.54, 1.807) is 0 Å². The average Bonchev–Trinajstić information content (AvgIpc) is 2.62. The van der Waals surface area contributed by atoms with Crippen LogP contribution in [0.5, 0.6) is 0 Å². The van der Waals surface area contributed by atoms with Crippen molar-refractivity contribution >= 4 is 0 Å². The summed E-state index contributed by atoms with van der Waals surface area (Å²) in [5, 5.41) is 6.40. The molecule has 1 aliphatic rings. The number of hydrogen-bond acceptors (Lipinski definition) is 2. The summed E-state index contributed by atoms with van der Waals surface area (Å²) in [6.07, 6.45) is 8.64. The molecule has 0 aliphatic heterocycles. The molecular formula is C28H56N2. The zero-order chi connectivity index (χ0) is 23.8. The Balaban J connectivity index is 0. The Hall–Kier alpha value is -0.860. The van der Waals surface area contributed by atoms with Gasteiger partial charge in [-0.2, -0.15) is 0 Å². The van der Waals surface area contributed by atoms with Crippen LogP contribution in [0.15, 0.2) is 30.3 Å². The monoisotopic (exact) mass is 420 g/mol. The second kappa shape index (κ2) is 15.9. The topological polar surface area (TPSA) is 24.1 Å². The second-order valence-electron chi connectivity index (χ2n) is 11.8. The molecule has 1 aliphatic carbocycles. The molecule has 0 radical (unpaired) electrons. The number of aryl methyl sites for hydroxylation is 1. The molecule has 1 saturated carbocycles. The van der Waals surface area contributed by atoms with Crippen molar-refractivity contribution in [3.05, 3.63) is 35.9 Å². The average molecular weight is 421 g/mol. The standard InChI is InChI=1S/C9H21N.C7H14.C7H8.C5H13N/c1-8(2,3)7-9(4,5)10-6;2*1-7-5-3-2-4-6-7;1-5(2,3)6-4/h10H,7H2,1-6H3;7H,2-6H2,1H3;2-6H,1H3;6H,1-4H3. The van der Waals surface area contributed by atoms with Crippen LogP contribution in [0.3, 0.4) is 0 Å². The molecule has 0 spiro atoms. The molecule has 2 N–H and O–H groups in total. The van der Waals surface area contributed by atoms with Crippen LogP contribution in [-0.2, 0) is 0 Å². The molecule has 1 aromatic rings. The summed E-state index contributed by atoms with van der Waals surface area (Å²) in [5.41, 5.74) is 2.31. The van der Waals surface area contributed by atoms with Gasteiger partial charge >= 0.3 is 0 Å². The minimum absolute atomic E-state index is 0.276. The molecule has 1 fully saturated rings. The highest BCUT2D eigenvalue weighted by Crippen LogP contribution is 2.26. The van der Waals surface area contributed by atoms with E-state index in [4.69, 9.17) is 0 Å². The van der Waals surface area contributed by atoms with E-state index in [2.05, 4.69) is 92.0 Å². The Bertz CT molecular complexity index is 486. The summed E-state index contributed by atoms with van der Waals surface area (Å²) in [6, 6.07) is 10.3. The predicted molar refractivity (Wildman–Crippen MR) is 139 cm³/mol. The number of rotatable bonds is 2. The van der Waals surface area contributed by atoms with Crippen LogP contribution in [0, 0.1) is 18.3 Å². The van der Waals surface area contributed by atoms with Gasteiger partial charge in [0, 0.05) is 11.1 Å². The molecule has 0 aromatic heterocycles. The van der Waals surface area contributed by atoms with Crippen molar-refractivity contribution in [3.63, 3.8) is 0 Å². The lowest BCUT2D eigenvalue weighted by Crippen LogP contribution is -2.39. The van der Waals surface area contributed by atoms with E-state index in [1.165, 1.54) is 44.1 Å². The Morgan fingerprint density at radius 3 is 1.37 bits per heavy atom. The third-order valence-corrected chi connectivity index (χ3v) is 5.23. The van der Waals surface area contributed by atoms with E-state index in [1.807, 2.05) is 32.3 Å². The molecule has 0 heterocycles. The first-order valence-corrected chi connectivity index (χ1v) is 12.0. The predicted octanol–water partition coefficient (Wildman–Crippen LogP) is 8.01. The fourth-order valence-electron chi connectivity index (χ4n) is 3.26. The van der Waals surface area contributed by atoms with Crippen LogP contribution in [0.25, 0.3) is 0 Å². The summed E-state index contributed by atoms with van der Waals surface area (Å²) < 4.78 is 0. The van der Waals surface area contributed by atoms with Gasteiger partial charge in [0.15, 0.2) is 0 Å². The molecule has 2 rings (SSSR count). The maximum Gasteiger partial charge on any atom is 0.0127 e. The van der Waals surface area contributed by atoms with Crippen LogP contribution in [-0.4, -0.2) is 25.2 Å². The van der Waals surface area contributed by atoms with Crippen molar-refractivity contribution in [3.8, 4) is 0 Å². The lowest BCUT2D eigenvalue weighted by molar-refractivity contribution is 0.254. The first-order chi connectivity index (χ1) is 13.6. The first kappa shape index (κ1) is 31.3. The number of hydrogen-bond donors (Lipinski definition) is 2. The van der Waals surface area contributed by atoms with Gasteiger partial charge in [-0.1, -0.05) is 95.7 Å². The SMILES string of the molecule is CC1CCCCC1.CNC(C)(C)C.CNC(C)(C)CC(C)(C)C.Cc1ccccc1.